The first-order chi connectivity index (χ1) is 11.5. The van der Waals surface area contributed by atoms with Gasteiger partial charge in [0, 0.05) is 49.8 Å². The Kier molecular flexibility index (Phi) is 6.36. The number of ether oxygens (including phenoxy) is 1. The van der Waals surface area contributed by atoms with Gasteiger partial charge in [0.2, 0.25) is 0 Å². The quantitative estimate of drug-likeness (QED) is 0.473. The highest BCUT2D eigenvalue weighted by Gasteiger charge is 2.28. The summed E-state index contributed by atoms with van der Waals surface area (Å²) in [6.07, 6.45) is 0.521. The third-order valence-electron chi connectivity index (χ3n) is 4.12. The summed E-state index contributed by atoms with van der Waals surface area (Å²) in [6.45, 7) is 1.45. The van der Waals surface area contributed by atoms with Crippen LogP contribution in [0.3, 0.4) is 0 Å². The van der Waals surface area contributed by atoms with Gasteiger partial charge >= 0.3 is 0 Å². The number of fused-ring (bicyclic) bond motifs is 1. The molecule has 8 nitrogen and oxygen atoms in total. The Labute approximate surface area is 141 Å². The lowest BCUT2D eigenvalue weighted by Gasteiger charge is -2.27. The molecule has 0 aromatic heterocycles. The van der Waals surface area contributed by atoms with Crippen molar-refractivity contribution in [2.24, 2.45) is 11.8 Å². The Bertz CT molecular complexity index is 579. The largest absolute Gasteiger partial charge is 0.493 e. The molecule has 0 aliphatic carbocycles. The zero-order valence-electron chi connectivity index (χ0n) is 14.1. The molecule has 3 N–H and O–H groups in total. The molecule has 2 rings (SSSR count). The van der Waals surface area contributed by atoms with Gasteiger partial charge in [-0.25, -0.2) is 0 Å². The van der Waals surface area contributed by atoms with Gasteiger partial charge < -0.3 is 25.2 Å². The highest BCUT2D eigenvalue weighted by molar-refractivity contribution is 5.70. The average Bonchev–Trinajstić information content (AvgIpc) is 2.56. The van der Waals surface area contributed by atoms with Crippen LogP contribution in [-0.4, -0.2) is 67.0 Å². The van der Waals surface area contributed by atoms with Crippen molar-refractivity contribution in [2.45, 2.75) is 6.42 Å². The number of aliphatic hydroxyl groups is 2. The van der Waals surface area contributed by atoms with Crippen LogP contribution in [-0.2, 0) is 6.42 Å². The van der Waals surface area contributed by atoms with Crippen molar-refractivity contribution in [2.75, 3.05) is 52.3 Å². The second-order valence-corrected chi connectivity index (χ2v) is 6.45. The maximum atomic E-state index is 11.4. The summed E-state index contributed by atoms with van der Waals surface area (Å²) >= 11 is 0. The molecule has 1 heterocycles. The fraction of sp³-hybridized carbons (Fsp3) is 0.625. The maximum Gasteiger partial charge on any atom is 0.292 e. The standard InChI is InChI=1S/C16H25N3O5/c1-18(2)7-12(9-21)6-17-16-13-5-11(8-20)10-24-15(13)4-3-14(16)19(22)23/h3-4,11-12,17,20-21H,5-10H2,1-2H3. The summed E-state index contributed by atoms with van der Waals surface area (Å²) in [4.78, 5) is 12.9. The van der Waals surface area contributed by atoms with Gasteiger partial charge in [-0.3, -0.25) is 10.1 Å². The SMILES string of the molecule is CN(C)CC(CO)CNc1c([N+](=O)[O-])ccc2c1CC(CO)CO2. The third kappa shape index (κ3) is 4.34. The molecule has 1 aromatic rings. The van der Waals surface area contributed by atoms with Crippen molar-refractivity contribution < 1.29 is 19.9 Å². The molecule has 0 spiro atoms. The maximum absolute atomic E-state index is 11.4. The molecule has 0 saturated heterocycles. The van der Waals surface area contributed by atoms with Gasteiger partial charge in [-0.2, -0.15) is 0 Å². The van der Waals surface area contributed by atoms with Crippen LogP contribution in [0, 0.1) is 22.0 Å². The number of nitrogens with zero attached hydrogens (tertiary/aromatic N) is 2. The normalized spacial score (nSPS) is 18.0. The first kappa shape index (κ1) is 18.4. The zero-order chi connectivity index (χ0) is 17.7. The van der Waals surface area contributed by atoms with E-state index in [0.717, 1.165) is 5.56 Å². The smallest absolute Gasteiger partial charge is 0.292 e. The highest BCUT2D eigenvalue weighted by Crippen LogP contribution is 2.39. The molecule has 0 bridgehead atoms. The van der Waals surface area contributed by atoms with Gasteiger partial charge in [-0.05, 0) is 26.6 Å². The highest BCUT2D eigenvalue weighted by atomic mass is 16.6. The number of anilines is 1. The van der Waals surface area contributed by atoms with Gasteiger partial charge in [0.25, 0.3) is 5.69 Å². The summed E-state index contributed by atoms with van der Waals surface area (Å²) in [5.41, 5.74) is 1.13. The first-order valence-electron chi connectivity index (χ1n) is 7.99. The summed E-state index contributed by atoms with van der Waals surface area (Å²) in [6, 6.07) is 3.04. The van der Waals surface area contributed by atoms with Crippen molar-refractivity contribution >= 4 is 11.4 Å². The Morgan fingerprint density at radius 1 is 1.46 bits per heavy atom. The van der Waals surface area contributed by atoms with Gasteiger partial charge in [-0.1, -0.05) is 0 Å². The monoisotopic (exact) mass is 339 g/mol. The van der Waals surface area contributed by atoms with Gasteiger partial charge in [0.15, 0.2) is 0 Å². The van der Waals surface area contributed by atoms with Crippen molar-refractivity contribution in [1.29, 1.82) is 0 Å². The number of nitro groups is 1. The van der Waals surface area contributed by atoms with Gasteiger partial charge in [-0.15, -0.1) is 0 Å². The summed E-state index contributed by atoms with van der Waals surface area (Å²) < 4.78 is 5.62. The number of hydrogen-bond acceptors (Lipinski definition) is 7. The third-order valence-corrected chi connectivity index (χ3v) is 4.12. The molecule has 0 amide bonds. The Hall–Kier alpha value is -1.90. The number of nitro benzene ring substituents is 1. The van der Waals surface area contributed by atoms with Crippen LogP contribution >= 0.6 is 0 Å². The number of nitrogens with one attached hydrogen (secondary N) is 1. The minimum Gasteiger partial charge on any atom is -0.493 e. The molecular formula is C16H25N3O5. The second-order valence-electron chi connectivity index (χ2n) is 6.45. The number of benzene rings is 1. The van der Waals surface area contributed by atoms with E-state index in [1.54, 1.807) is 6.07 Å². The lowest BCUT2D eigenvalue weighted by molar-refractivity contribution is -0.384. The van der Waals surface area contributed by atoms with Crippen LogP contribution in [0.25, 0.3) is 0 Å². The average molecular weight is 339 g/mol. The van der Waals surface area contributed by atoms with E-state index < -0.39 is 4.92 Å². The van der Waals surface area contributed by atoms with Gasteiger partial charge in [0.1, 0.15) is 11.4 Å². The number of hydrogen-bond donors (Lipinski definition) is 3. The minimum atomic E-state index is -0.426. The van der Waals surface area contributed by atoms with Crippen molar-refractivity contribution in [3.63, 3.8) is 0 Å². The van der Waals surface area contributed by atoms with Crippen LogP contribution in [0.5, 0.6) is 5.75 Å². The van der Waals surface area contributed by atoms with Crippen LogP contribution < -0.4 is 10.1 Å². The summed E-state index contributed by atoms with van der Waals surface area (Å²) in [7, 11) is 3.82. The molecule has 134 valence electrons. The lowest BCUT2D eigenvalue weighted by Crippen LogP contribution is -2.30. The van der Waals surface area contributed by atoms with E-state index >= 15 is 0 Å². The Balaban J connectivity index is 2.27. The second kappa shape index (κ2) is 8.27. The first-order valence-corrected chi connectivity index (χ1v) is 7.99. The van der Waals surface area contributed by atoms with E-state index in [4.69, 9.17) is 4.74 Å². The van der Waals surface area contributed by atoms with Crippen LogP contribution in [0.1, 0.15) is 5.56 Å². The molecule has 2 unspecified atom stereocenters. The van der Waals surface area contributed by atoms with E-state index in [-0.39, 0.29) is 30.7 Å². The van der Waals surface area contributed by atoms with Crippen molar-refractivity contribution in [1.82, 2.24) is 4.90 Å². The fourth-order valence-corrected chi connectivity index (χ4v) is 2.93. The van der Waals surface area contributed by atoms with Crippen LogP contribution in [0.15, 0.2) is 12.1 Å². The molecule has 1 aromatic carbocycles. The van der Waals surface area contributed by atoms with Crippen molar-refractivity contribution in [3.8, 4) is 5.75 Å². The van der Waals surface area contributed by atoms with Crippen LogP contribution in [0.2, 0.25) is 0 Å². The zero-order valence-corrected chi connectivity index (χ0v) is 14.1. The topological polar surface area (TPSA) is 108 Å². The van der Waals surface area contributed by atoms with Crippen LogP contribution in [0.4, 0.5) is 11.4 Å². The molecule has 2 atom stereocenters. The summed E-state index contributed by atoms with van der Waals surface area (Å²) in [5, 5.41) is 33.4. The molecule has 24 heavy (non-hydrogen) atoms. The molecule has 0 radical (unpaired) electrons. The van der Waals surface area contributed by atoms with E-state index in [1.165, 1.54) is 6.07 Å². The predicted molar refractivity (Wildman–Crippen MR) is 90.5 cm³/mol. The van der Waals surface area contributed by atoms with E-state index in [1.807, 2.05) is 19.0 Å². The lowest BCUT2D eigenvalue weighted by atomic mass is 9.95. The Morgan fingerprint density at radius 2 is 2.21 bits per heavy atom. The molecule has 8 heteroatoms. The summed E-state index contributed by atoms with van der Waals surface area (Å²) in [5.74, 6) is 0.491. The van der Waals surface area contributed by atoms with Crippen molar-refractivity contribution in [3.05, 3.63) is 27.8 Å². The van der Waals surface area contributed by atoms with E-state index in [9.17, 15) is 20.3 Å². The number of rotatable bonds is 8. The van der Waals surface area contributed by atoms with Gasteiger partial charge in [0.05, 0.1) is 11.5 Å². The molecule has 0 fully saturated rings. The molecule has 0 saturated carbocycles. The number of aliphatic hydroxyl groups excluding tert-OH is 2. The predicted octanol–water partition coefficient (Wildman–Crippen LogP) is 0.720. The molecular weight excluding hydrogens is 314 g/mol. The molecule has 1 aliphatic heterocycles. The fourth-order valence-electron chi connectivity index (χ4n) is 2.93. The van der Waals surface area contributed by atoms with E-state index in [0.29, 0.717) is 37.6 Å². The van der Waals surface area contributed by atoms with E-state index in [2.05, 4.69) is 5.32 Å². The molecule has 1 aliphatic rings. The Morgan fingerprint density at radius 3 is 2.79 bits per heavy atom. The minimum absolute atomic E-state index is 0.0102.